The van der Waals surface area contributed by atoms with Crippen LogP contribution < -0.4 is 0 Å². The summed E-state index contributed by atoms with van der Waals surface area (Å²) in [6.07, 6.45) is 0. The van der Waals surface area contributed by atoms with Crippen LogP contribution in [-0.4, -0.2) is 23.2 Å². The van der Waals surface area contributed by atoms with Crippen molar-refractivity contribution in [1.82, 2.24) is 4.98 Å². The Balaban J connectivity index is 1.71. The maximum Gasteiger partial charge on any atom is 0.336 e. The maximum atomic E-state index is 13.5. The average molecular weight is 387 g/mol. The van der Waals surface area contributed by atoms with Gasteiger partial charge in [0.15, 0.2) is 0 Å². The minimum Gasteiger partial charge on any atom is -0.478 e. The quantitative estimate of drug-likeness (QED) is 0.488. The van der Waals surface area contributed by atoms with Gasteiger partial charge in [0.1, 0.15) is 5.82 Å². The molecule has 0 saturated carbocycles. The first-order valence-corrected chi connectivity index (χ1v) is 9.07. The summed E-state index contributed by atoms with van der Waals surface area (Å²) in [6.45, 7) is 0.572. The van der Waals surface area contributed by atoms with Crippen LogP contribution in [0.2, 0.25) is 0 Å². The van der Waals surface area contributed by atoms with Crippen LogP contribution in [0.1, 0.15) is 15.9 Å². The number of aromatic carboxylic acids is 1. The topological polar surface area (TPSA) is 59.4 Å². The first-order chi connectivity index (χ1) is 14.0. The largest absolute Gasteiger partial charge is 0.478 e. The zero-order valence-corrected chi connectivity index (χ0v) is 15.7. The molecule has 0 saturated heterocycles. The fraction of sp³-hybridized carbons (Fsp3) is 0.0833. The highest BCUT2D eigenvalue weighted by Crippen LogP contribution is 2.28. The lowest BCUT2D eigenvalue weighted by molar-refractivity contribution is 0.0699. The van der Waals surface area contributed by atoms with Crippen LogP contribution in [0.15, 0.2) is 72.8 Å². The molecular formula is C24H18FNO3. The third-order valence-corrected chi connectivity index (χ3v) is 4.78. The maximum absolute atomic E-state index is 13.5. The van der Waals surface area contributed by atoms with Gasteiger partial charge in [0, 0.05) is 18.1 Å². The van der Waals surface area contributed by atoms with Gasteiger partial charge in [-0.3, -0.25) is 0 Å². The molecule has 144 valence electrons. The fourth-order valence-corrected chi connectivity index (χ4v) is 3.32. The number of hydrogen-bond acceptors (Lipinski definition) is 3. The van der Waals surface area contributed by atoms with Crippen LogP contribution in [0.5, 0.6) is 0 Å². The van der Waals surface area contributed by atoms with Crippen LogP contribution in [0.3, 0.4) is 0 Å². The molecule has 0 amide bonds. The van der Waals surface area contributed by atoms with Crippen molar-refractivity contribution in [1.29, 1.82) is 0 Å². The van der Waals surface area contributed by atoms with Crippen molar-refractivity contribution >= 4 is 16.9 Å². The van der Waals surface area contributed by atoms with Crippen LogP contribution in [0.4, 0.5) is 4.39 Å². The van der Waals surface area contributed by atoms with E-state index in [1.54, 1.807) is 7.11 Å². The van der Waals surface area contributed by atoms with E-state index in [0.29, 0.717) is 17.8 Å². The van der Waals surface area contributed by atoms with Crippen LogP contribution in [0, 0.1) is 5.82 Å². The Labute approximate surface area is 167 Å². The van der Waals surface area contributed by atoms with Gasteiger partial charge in [-0.2, -0.15) is 0 Å². The molecule has 0 aliphatic carbocycles. The van der Waals surface area contributed by atoms with Crippen LogP contribution in [0.25, 0.3) is 33.3 Å². The van der Waals surface area contributed by atoms with Gasteiger partial charge in [-0.15, -0.1) is 0 Å². The van der Waals surface area contributed by atoms with E-state index < -0.39 is 11.8 Å². The number of ether oxygens (including phenoxy) is 1. The Morgan fingerprint density at radius 2 is 1.55 bits per heavy atom. The highest BCUT2D eigenvalue weighted by Gasteiger charge is 2.14. The lowest BCUT2D eigenvalue weighted by Crippen LogP contribution is -2.00. The molecule has 0 bridgehead atoms. The highest BCUT2D eigenvalue weighted by molar-refractivity contribution is 6.03. The smallest absolute Gasteiger partial charge is 0.336 e. The van der Waals surface area contributed by atoms with E-state index in [1.165, 1.54) is 24.3 Å². The number of carboxylic acids is 1. The lowest BCUT2D eigenvalue weighted by Gasteiger charge is -2.09. The molecule has 4 aromatic rings. The molecule has 0 spiro atoms. The van der Waals surface area contributed by atoms with Gasteiger partial charge in [-0.05, 0) is 41.0 Å². The van der Waals surface area contributed by atoms with Crippen molar-refractivity contribution in [3.8, 4) is 22.4 Å². The molecule has 4 rings (SSSR count). The van der Waals surface area contributed by atoms with Gasteiger partial charge < -0.3 is 9.84 Å². The summed E-state index contributed by atoms with van der Waals surface area (Å²) in [7, 11) is 1.67. The molecule has 4 nitrogen and oxygen atoms in total. The van der Waals surface area contributed by atoms with Gasteiger partial charge in [-0.25, -0.2) is 14.2 Å². The van der Waals surface area contributed by atoms with E-state index in [2.05, 4.69) is 4.98 Å². The number of aromatic nitrogens is 1. The molecule has 0 aliphatic heterocycles. The Kier molecular flexibility index (Phi) is 5.06. The van der Waals surface area contributed by atoms with Crippen LogP contribution in [-0.2, 0) is 11.3 Å². The number of pyridine rings is 1. The number of carboxylic acid groups (broad SMARTS) is 1. The molecule has 29 heavy (non-hydrogen) atoms. The number of nitrogens with zero attached hydrogens (tertiary/aromatic N) is 1. The summed E-state index contributed by atoms with van der Waals surface area (Å²) < 4.78 is 18.7. The fourth-order valence-electron chi connectivity index (χ4n) is 3.32. The lowest BCUT2D eigenvalue weighted by atomic mass is 10.00. The van der Waals surface area contributed by atoms with Crippen molar-refractivity contribution in [2.24, 2.45) is 0 Å². The van der Waals surface area contributed by atoms with E-state index in [9.17, 15) is 14.3 Å². The molecule has 0 aliphatic rings. The number of rotatable bonds is 5. The van der Waals surface area contributed by atoms with E-state index in [4.69, 9.17) is 4.74 Å². The Morgan fingerprint density at radius 1 is 0.931 bits per heavy atom. The summed E-state index contributed by atoms with van der Waals surface area (Å²) in [5, 5.41) is 9.83. The van der Waals surface area contributed by atoms with E-state index in [1.807, 2.05) is 48.5 Å². The average Bonchev–Trinajstić information content (AvgIpc) is 2.74. The van der Waals surface area contributed by atoms with Crippen molar-refractivity contribution < 1.29 is 19.0 Å². The Hall–Kier alpha value is -3.57. The molecule has 0 atom stereocenters. The van der Waals surface area contributed by atoms with Gasteiger partial charge in [0.2, 0.25) is 0 Å². The van der Waals surface area contributed by atoms with Crippen molar-refractivity contribution in [3.05, 3.63) is 89.7 Å². The van der Waals surface area contributed by atoms with Gasteiger partial charge in [0.25, 0.3) is 0 Å². The number of hydrogen-bond donors (Lipinski definition) is 1. The molecule has 3 aromatic carbocycles. The normalized spacial score (nSPS) is 11.0. The number of methoxy groups -OCH3 is 1. The minimum absolute atomic E-state index is 0.0299. The summed E-state index contributed by atoms with van der Waals surface area (Å²) >= 11 is 0. The standard InChI is InChI=1S/C24H18FNO3/c1-29-14-15-2-4-16(5-3-15)17-6-8-18(9-7-17)23-13-21(24(27)28)20-12-19(25)10-11-22(20)26-23/h2-13H,14H2,1H3,(H,27,28). The first kappa shape index (κ1) is 18.8. The predicted molar refractivity (Wildman–Crippen MR) is 110 cm³/mol. The Morgan fingerprint density at radius 3 is 2.17 bits per heavy atom. The predicted octanol–water partition coefficient (Wildman–Crippen LogP) is 5.55. The van der Waals surface area contributed by atoms with Crippen molar-refractivity contribution in [2.75, 3.05) is 7.11 Å². The van der Waals surface area contributed by atoms with Gasteiger partial charge in [-0.1, -0.05) is 48.5 Å². The zero-order chi connectivity index (χ0) is 20.4. The number of benzene rings is 3. The zero-order valence-electron chi connectivity index (χ0n) is 15.7. The molecule has 1 heterocycles. The third kappa shape index (κ3) is 3.86. The Bertz CT molecular complexity index is 1190. The van der Waals surface area contributed by atoms with Crippen molar-refractivity contribution in [2.45, 2.75) is 6.61 Å². The molecular weight excluding hydrogens is 369 g/mol. The van der Waals surface area contributed by atoms with E-state index in [-0.39, 0.29) is 10.9 Å². The molecule has 5 heteroatoms. The second-order valence-corrected chi connectivity index (χ2v) is 6.73. The number of fused-ring (bicyclic) bond motifs is 1. The molecule has 1 aromatic heterocycles. The van der Waals surface area contributed by atoms with Crippen molar-refractivity contribution in [3.63, 3.8) is 0 Å². The third-order valence-electron chi connectivity index (χ3n) is 4.78. The SMILES string of the molecule is COCc1ccc(-c2ccc(-c3cc(C(=O)O)c4cc(F)ccc4n3)cc2)cc1. The summed E-state index contributed by atoms with van der Waals surface area (Å²) in [5.41, 5.74) is 5.01. The summed E-state index contributed by atoms with van der Waals surface area (Å²) in [5.74, 6) is -1.60. The summed E-state index contributed by atoms with van der Waals surface area (Å²) in [6, 6.07) is 21.3. The summed E-state index contributed by atoms with van der Waals surface area (Å²) in [4.78, 5) is 16.2. The second-order valence-electron chi connectivity index (χ2n) is 6.73. The molecule has 0 radical (unpaired) electrons. The van der Waals surface area contributed by atoms with E-state index >= 15 is 0 Å². The highest BCUT2D eigenvalue weighted by atomic mass is 19.1. The monoisotopic (exact) mass is 387 g/mol. The van der Waals surface area contributed by atoms with Crippen LogP contribution >= 0.6 is 0 Å². The molecule has 0 fully saturated rings. The second kappa shape index (κ2) is 7.81. The van der Waals surface area contributed by atoms with Gasteiger partial charge in [0.05, 0.1) is 23.4 Å². The number of carbonyl (C=O) groups is 1. The first-order valence-electron chi connectivity index (χ1n) is 9.07. The minimum atomic E-state index is -1.11. The molecule has 0 unspecified atom stereocenters. The van der Waals surface area contributed by atoms with E-state index in [0.717, 1.165) is 22.3 Å². The molecule has 1 N–H and O–H groups in total. The number of halogens is 1. The van der Waals surface area contributed by atoms with Gasteiger partial charge >= 0.3 is 5.97 Å².